The second-order valence-corrected chi connectivity index (χ2v) is 4.05. The van der Waals surface area contributed by atoms with Crippen LogP contribution in [0.15, 0.2) is 17.2 Å². The molecule has 1 atom stereocenters. The predicted octanol–water partition coefficient (Wildman–Crippen LogP) is 0.756. The van der Waals surface area contributed by atoms with Crippen LogP contribution in [-0.4, -0.2) is 20.3 Å². The van der Waals surface area contributed by atoms with Crippen LogP contribution in [0.3, 0.4) is 0 Å². The van der Waals surface area contributed by atoms with Gasteiger partial charge in [-0.05, 0) is 26.2 Å². The van der Waals surface area contributed by atoms with Gasteiger partial charge in [0.1, 0.15) is 0 Å². The molecule has 0 amide bonds. The molecule has 0 aliphatic heterocycles. The molecule has 0 aromatic carbocycles. The van der Waals surface area contributed by atoms with Crippen molar-refractivity contribution in [2.75, 3.05) is 0 Å². The first-order valence-electron chi connectivity index (χ1n) is 5.14. The minimum atomic E-state index is -0.342. The molecule has 1 aliphatic carbocycles. The van der Waals surface area contributed by atoms with Crippen molar-refractivity contribution in [1.82, 2.24) is 9.13 Å². The first-order valence-corrected chi connectivity index (χ1v) is 5.14. The van der Waals surface area contributed by atoms with Crippen LogP contribution in [-0.2, 0) is 6.54 Å². The number of aromatic nitrogens is 2. The molecule has 2 rings (SSSR count). The van der Waals surface area contributed by atoms with Crippen LogP contribution < -0.4 is 5.69 Å². The van der Waals surface area contributed by atoms with E-state index < -0.39 is 0 Å². The number of imidazole rings is 1. The van der Waals surface area contributed by atoms with Gasteiger partial charge in [-0.1, -0.05) is 0 Å². The highest BCUT2D eigenvalue weighted by molar-refractivity contribution is 4.91. The van der Waals surface area contributed by atoms with E-state index in [1.165, 1.54) is 0 Å². The van der Waals surface area contributed by atoms with Gasteiger partial charge in [0.15, 0.2) is 0 Å². The molecule has 14 heavy (non-hydrogen) atoms. The smallest absolute Gasteiger partial charge is 0.328 e. The van der Waals surface area contributed by atoms with Gasteiger partial charge in [-0.3, -0.25) is 9.13 Å². The lowest BCUT2D eigenvalue weighted by Crippen LogP contribution is -2.24. The molecule has 0 bridgehead atoms. The Morgan fingerprint density at radius 2 is 2.29 bits per heavy atom. The number of aliphatic hydroxyl groups is 1. The third kappa shape index (κ3) is 1.90. The number of nitrogens with zero attached hydrogens (tertiary/aromatic N) is 2. The molecule has 0 spiro atoms. The fourth-order valence-corrected chi connectivity index (χ4v) is 1.55. The third-order valence-electron chi connectivity index (χ3n) is 2.60. The van der Waals surface area contributed by atoms with Crippen molar-refractivity contribution in [2.24, 2.45) is 0 Å². The average Bonchev–Trinajstić information content (AvgIpc) is 2.89. The van der Waals surface area contributed by atoms with Crippen LogP contribution in [0.2, 0.25) is 0 Å². The van der Waals surface area contributed by atoms with E-state index in [0.29, 0.717) is 19.0 Å². The molecule has 1 aliphatic rings. The maximum absolute atomic E-state index is 11.7. The summed E-state index contributed by atoms with van der Waals surface area (Å²) in [4.78, 5) is 11.7. The van der Waals surface area contributed by atoms with Gasteiger partial charge in [-0.15, -0.1) is 0 Å². The second kappa shape index (κ2) is 3.61. The first-order chi connectivity index (χ1) is 6.68. The van der Waals surface area contributed by atoms with E-state index in [1.54, 1.807) is 16.1 Å². The Labute approximate surface area is 82.8 Å². The number of rotatable bonds is 4. The quantitative estimate of drug-likeness (QED) is 0.772. The number of aryl methyl sites for hydroxylation is 1. The molecular weight excluding hydrogens is 180 g/mol. The second-order valence-electron chi connectivity index (χ2n) is 4.05. The Hall–Kier alpha value is -1.03. The molecule has 1 N–H and O–H groups in total. The summed E-state index contributed by atoms with van der Waals surface area (Å²) in [7, 11) is 0. The maximum Gasteiger partial charge on any atom is 0.328 e. The third-order valence-corrected chi connectivity index (χ3v) is 2.60. The minimum absolute atomic E-state index is 0.0631. The van der Waals surface area contributed by atoms with Crippen LogP contribution >= 0.6 is 0 Å². The van der Waals surface area contributed by atoms with Crippen molar-refractivity contribution in [3.63, 3.8) is 0 Å². The normalized spacial score (nSPS) is 18.4. The monoisotopic (exact) mass is 196 g/mol. The minimum Gasteiger partial charge on any atom is -0.393 e. The summed E-state index contributed by atoms with van der Waals surface area (Å²) in [5, 5.41) is 9.11. The Morgan fingerprint density at radius 1 is 1.57 bits per heavy atom. The van der Waals surface area contributed by atoms with Crippen molar-refractivity contribution in [3.05, 3.63) is 22.9 Å². The molecular formula is C10H16N2O2. The van der Waals surface area contributed by atoms with E-state index in [-0.39, 0.29) is 11.8 Å². The van der Waals surface area contributed by atoms with E-state index in [2.05, 4.69) is 0 Å². The van der Waals surface area contributed by atoms with Gasteiger partial charge in [-0.2, -0.15) is 0 Å². The summed E-state index contributed by atoms with van der Waals surface area (Å²) in [6, 6.07) is 0.440. The van der Waals surface area contributed by atoms with Gasteiger partial charge in [-0.25, -0.2) is 4.79 Å². The maximum atomic E-state index is 11.7. The highest BCUT2D eigenvalue weighted by Gasteiger charge is 2.25. The zero-order valence-corrected chi connectivity index (χ0v) is 8.39. The topological polar surface area (TPSA) is 47.2 Å². The van der Waals surface area contributed by atoms with Crippen LogP contribution in [0, 0.1) is 0 Å². The van der Waals surface area contributed by atoms with Gasteiger partial charge in [0.25, 0.3) is 0 Å². The van der Waals surface area contributed by atoms with Gasteiger partial charge in [0.05, 0.1) is 6.10 Å². The molecule has 1 aromatic rings. The molecule has 1 unspecified atom stereocenters. The van der Waals surface area contributed by atoms with E-state index in [1.807, 2.05) is 12.4 Å². The van der Waals surface area contributed by atoms with Crippen molar-refractivity contribution >= 4 is 0 Å². The Balaban J connectivity index is 2.07. The number of aliphatic hydroxyl groups excluding tert-OH is 1. The molecule has 78 valence electrons. The highest BCUT2D eigenvalue weighted by atomic mass is 16.3. The summed E-state index contributed by atoms with van der Waals surface area (Å²) >= 11 is 0. The molecule has 0 saturated heterocycles. The Morgan fingerprint density at radius 3 is 2.86 bits per heavy atom. The van der Waals surface area contributed by atoms with E-state index in [0.717, 1.165) is 12.8 Å². The summed E-state index contributed by atoms with van der Waals surface area (Å²) in [5.41, 5.74) is 0.0631. The van der Waals surface area contributed by atoms with Crippen molar-refractivity contribution < 1.29 is 5.11 Å². The lowest BCUT2D eigenvalue weighted by atomic mass is 10.3. The number of hydrogen-bond donors (Lipinski definition) is 1. The zero-order chi connectivity index (χ0) is 10.1. The summed E-state index contributed by atoms with van der Waals surface area (Å²) in [6.45, 7) is 2.35. The molecule has 1 saturated carbocycles. The van der Waals surface area contributed by atoms with E-state index in [4.69, 9.17) is 5.11 Å². The lowest BCUT2D eigenvalue weighted by Gasteiger charge is -2.03. The van der Waals surface area contributed by atoms with Crippen molar-refractivity contribution in [3.8, 4) is 0 Å². The standard InChI is InChI=1S/C10H16N2O2/c1-8(13)4-5-11-6-7-12(10(11)14)9-2-3-9/h6-9,13H,2-5H2,1H3. The van der Waals surface area contributed by atoms with E-state index in [9.17, 15) is 4.79 Å². The van der Waals surface area contributed by atoms with Crippen molar-refractivity contribution in [1.29, 1.82) is 0 Å². The van der Waals surface area contributed by atoms with Gasteiger partial charge in [0.2, 0.25) is 0 Å². The zero-order valence-electron chi connectivity index (χ0n) is 8.39. The lowest BCUT2D eigenvalue weighted by molar-refractivity contribution is 0.177. The van der Waals surface area contributed by atoms with Crippen molar-refractivity contribution in [2.45, 2.75) is 44.9 Å². The van der Waals surface area contributed by atoms with E-state index >= 15 is 0 Å². The largest absolute Gasteiger partial charge is 0.393 e. The molecule has 4 heteroatoms. The SMILES string of the molecule is CC(O)CCn1ccn(C2CC2)c1=O. The van der Waals surface area contributed by atoms with Gasteiger partial charge < -0.3 is 5.11 Å². The van der Waals surface area contributed by atoms with Crippen LogP contribution in [0.1, 0.15) is 32.2 Å². The van der Waals surface area contributed by atoms with Crippen LogP contribution in [0.4, 0.5) is 0 Å². The Kier molecular flexibility index (Phi) is 2.46. The average molecular weight is 196 g/mol. The van der Waals surface area contributed by atoms with Crippen LogP contribution in [0.25, 0.3) is 0 Å². The predicted molar refractivity (Wildman–Crippen MR) is 53.3 cm³/mol. The molecule has 1 fully saturated rings. The molecule has 0 radical (unpaired) electrons. The molecule has 4 nitrogen and oxygen atoms in total. The van der Waals surface area contributed by atoms with Gasteiger partial charge in [0, 0.05) is 25.0 Å². The Bertz CT molecular complexity index is 360. The van der Waals surface area contributed by atoms with Crippen LogP contribution in [0.5, 0.6) is 0 Å². The molecule has 1 heterocycles. The highest BCUT2D eigenvalue weighted by Crippen LogP contribution is 2.33. The molecule has 1 aromatic heterocycles. The fourth-order valence-electron chi connectivity index (χ4n) is 1.55. The van der Waals surface area contributed by atoms with Gasteiger partial charge >= 0.3 is 5.69 Å². The first kappa shape index (κ1) is 9.52. The summed E-state index contributed by atoms with van der Waals surface area (Å²) in [6.07, 6.45) is 6.20. The fraction of sp³-hybridized carbons (Fsp3) is 0.700. The summed E-state index contributed by atoms with van der Waals surface area (Å²) < 4.78 is 3.47. The summed E-state index contributed by atoms with van der Waals surface area (Å²) in [5.74, 6) is 0. The number of hydrogen-bond acceptors (Lipinski definition) is 2.